The van der Waals surface area contributed by atoms with Gasteiger partial charge in [0.15, 0.2) is 0 Å². The molecule has 5 nitrogen and oxygen atoms in total. The van der Waals surface area contributed by atoms with E-state index in [1.165, 1.54) is 5.56 Å². The van der Waals surface area contributed by atoms with Gasteiger partial charge in [0.2, 0.25) is 5.78 Å². The van der Waals surface area contributed by atoms with Crippen molar-refractivity contribution in [1.82, 2.24) is 20.4 Å². The van der Waals surface area contributed by atoms with Crippen molar-refractivity contribution in [3.8, 4) is 11.1 Å². The van der Waals surface area contributed by atoms with E-state index in [1.807, 2.05) is 6.07 Å². The number of thiophene rings is 1. The SMILES string of the molecule is CN1C(C(=O)c2n[nH]c3cc(-c4ccsc4)ccc23)[C@H]2C[C@H]1CN2. The molecule has 2 fully saturated rings. The average Bonchev–Trinajstić information content (AvgIpc) is 3.36. The van der Waals surface area contributed by atoms with Gasteiger partial charge in [0.1, 0.15) is 5.69 Å². The Balaban J connectivity index is 1.52. The van der Waals surface area contributed by atoms with Crippen LogP contribution in [0.1, 0.15) is 16.9 Å². The summed E-state index contributed by atoms with van der Waals surface area (Å²) in [5, 5.41) is 16.0. The van der Waals surface area contributed by atoms with Crippen molar-refractivity contribution in [2.24, 2.45) is 0 Å². The number of H-pyrrole nitrogens is 1. The molecule has 1 aromatic carbocycles. The number of Topliss-reactive ketones (excluding diaryl/α,β-unsaturated/α-hetero) is 1. The van der Waals surface area contributed by atoms with Gasteiger partial charge in [-0.05, 0) is 53.6 Å². The molecule has 24 heavy (non-hydrogen) atoms. The van der Waals surface area contributed by atoms with Crippen LogP contribution in [0.15, 0.2) is 35.0 Å². The number of carbonyl (C=O) groups excluding carboxylic acids is 1. The molecule has 5 rings (SSSR count). The van der Waals surface area contributed by atoms with Crippen LogP contribution in [0.4, 0.5) is 0 Å². The molecule has 0 amide bonds. The Hall–Kier alpha value is -2.02. The zero-order valence-electron chi connectivity index (χ0n) is 13.3. The van der Waals surface area contributed by atoms with Crippen LogP contribution in [-0.4, -0.2) is 52.6 Å². The molecule has 4 heterocycles. The summed E-state index contributed by atoms with van der Waals surface area (Å²) in [4.78, 5) is 15.3. The van der Waals surface area contributed by atoms with Crippen molar-refractivity contribution in [3.05, 3.63) is 40.7 Å². The predicted octanol–water partition coefficient (Wildman–Crippen LogP) is 2.52. The van der Waals surface area contributed by atoms with Crippen molar-refractivity contribution in [1.29, 1.82) is 0 Å². The zero-order valence-corrected chi connectivity index (χ0v) is 14.1. The fourth-order valence-electron chi connectivity index (χ4n) is 4.13. The fourth-order valence-corrected chi connectivity index (χ4v) is 4.80. The number of piperazine rings is 1. The lowest BCUT2D eigenvalue weighted by molar-refractivity contribution is 0.0811. The van der Waals surface area contributed by atoms with Gasteiger partial charge in [-0.1, -0.05) is 6.07 Å². The Morgan fingerprint density at radius 2 is 2.25 bits per heavy atom. The molecule has 0 spiro atoms. The van der Waals surface area contributed by atoms with Crippen molar-refractivity contribution in [3.63, 3.8) is 0 Å². The van der Waals surface area contributed by atoms with Gasteiger partial charge >= 0.3 is 0 Å². The average molecular weight is 338 g/mol. The first-order valence-electron chi connectivity index (χ1n) is 8.22. The molecule has 2 aliphatic heterocycles. The van der Waals surface area contributed by atoms with E-state index in [4.69, 9.17) is 0 Å². The van der Waals surface area contributed by atoms with Gasteiger partial charge in [-0.15, -0.1) is 0 Å². The van der Waals surface area contributed by atoms with E-state index in [2.05, 4.69) is 56.4 Å². The maximum atomic E-state index is 13.1. The Morgan fingerprint density at radius 1 is 1.33 bits per heavy atom. The molecule has 0 saturated carbocycles. The molecule has 1 unspecified atom stereocenters. The van der Waals surface area contributed by atoms with Crippen LogP contribution in [0.25, 0.3) is 22.0 Å². The molecular formula is C18H18N4OS. The number of aromatic nitrogens is 2. The number of fused-ring (bicyclic) bond motifs is 3. The number of hydrogen-bond donors (Lipinski definition) is 2. The summed E-state index contributed by atoms with van der Waals surface area (Å²) in [7, 11) is 2.05. The Morgan fingerprint density at radius 3 is 3.00 bits per heavy atom. The summed E-state index contributed by atoms with van der Waals surface area (Å²) >= 11 is 1.68. The van der Waals surface area contributed by atoms with Gasteiger partial charge in [-0.2, -0.15) is 16.4 Å². The van der Waals surface area contributed by atoms with E-state index >= 15 is 0 Å². The third-order valence-corrected chi connectivity index (χ3v) is 6.14. The Labute approximate surface area is 143 Å². The number of nitrogens with one attached hydrogen (secondary N) is 2. The number of nitrogens with zero attached hydrogens (tertiary/aromatic N) is 2. The van der Waals surface area contributed by atoms with E-state index in [9.17, 15) is 4.79 Å². The minimum Gasteiger partial charge on any atom is -0.310 e. The van der Waals surface area contributed by atoms with Gasteiger partial charge < -0.3 is 5.32 Å². The molecule has 0 aliphatic carbocycles. The minimum absolute atomic E-state index is 0.105. The summed E-state index contributed by atoms with van der Waals surface area (Å²) in [6.45, 7) is 0.982. The van der Waals surface area contributed by atoms with Gasteiger partial charge in [-0.25, -0.2) is 0 Å². The topological polar surface area (TPSA) is 61.0 Å². The number of rotatable bonds is 3. The van der Waals surface area contributed by atoms with E-state index in [0.717, 1.165) is 29.4 Å². The van der Waals surface area contributed by atoms with Crippen LogP contribution in [-0.2, 0) is 0 Å². The van der Waals surface area contributed by atoms with Crippen molar-refractivity contribution >= 4 is 28.0 Å². The number of benzene rings is 1. The van der Waals surface area contributed by atoms with Crippen LogP contribution >= 0.6 is 11.3 Å². The second-order valence-corrected chi connectivity index (χ2v) is 7.50. The highest BCUT2D eigenvalue weighted by atomic mass is 32.1. The van der Waals surface area contributed by atoms with E-state index in [0.29, 0.717) is 11.7 Å². The highest BCUT2D eigenvalue weighted by Crippen LogP contribution is 2.32. The first kappa shape index (κ1) is 14.3. The maximum Gasteiger partial charge on any atom is 0.202 e. The van der Waals surface area contributed by atoms with Crippen molar-refractivity contribution < 1.29 is 4.79 Å². The molecule has 122 valence electrons. The van der Waals surface area contributed by atoms with Crippen molar-refractivity contribution in [2.75, 3.05) is 13.6 Å². The minimum atomic E-state index is -0.105. The standard InChI is InChI=1S/C18H18N4OS/c1-22-12-7-15(19-8-12)17(22)18(23)16-13-3-2-10(6-14(13)20-21-16)11-4-5-24-9-11/h2-6,9,12,15,17,19H,7-8H2,1H3,(H,20,21)/t12-,15+,17?/m0/s1. The predicted molar refractivity (Wildman–Crippen MR) is 95.5 cm³/mol. The quantitative estimate of drug-likeness (QED) is 0.721. The monoisotopic (exact) mass is 338 g/mol. The summed E-state index contributed by atoms with van der Waals surface area (Å²) in [5.74, 6) is 0.117. The van der Waals surface area contributed by atoms with E-state index < -0.39 is 0 Å². The molecule has 2 saturated heterocycles. The van der Waals surface area contributed by atoms with Crippen LogP contribution in [0.2, 0.25) is 0 Å². The first-order valence-corrected chi connectivity index (χ1v) is 9.17. The summed E-state index contributed by atoms with van der Waals surface area (Å²) in [5.41, 5.74) is 3.82. The Kier molecular flexibility index (Phi) is 3.13. The van der Waals surface area contributed by atoms with Crippen LogP contribution in [0.5, 0.6) is 0 Å². The summed E-state index contributed by atoms with van der Waals surface area (Å²) < 4.78 is 0. The van der Waals surface area contributed by atoms with Crippen LogP contribution < -0.4 is 5.32 Å². The molecule has 2 bridgehead atoms. The number of carbonyl (C=O) groups is 1. The summed E-state index contributed by atoms with van der Waals surface area (Å²) in [6.07, 6.45) is 1.05. The van der Waals surface area contributed by atoms with Crippen LogP contribution in [0, 0.1) is 0 Å². The third kappa shape index (κ3) is 2.00. The molecule has 3 atom stereocenters. The van der Waals surface area contributed by atoms with E-state index in [1.54, 1.807) is 11.3 Å². The number of hydrogen-bond acceptors (Lipinski definition) is 5. The van der Waals surface area contributed by atoms with E-state index in [-0.39, 0.29) is 17.9 Å². The second kappa shape index (κ2) is 5.24. The molecule has 3 aromatic rings. The first-order chi connectivity index (χ1) is 11.7. The molecule has 2 aromatic heterocycles. The largest absolute Gasteiger partial charge is 0.310 e. The summed E-state index contributed by atoms with van der Waals surface area (Å²) in [6, 6.07) is 8.88. The molecular weight excluding hydrogens is 320 g/mol. The van der Waals surface area contributed by atoms with Gasteiger partial charge in [0, 0.05) is 24.0 Å². The lowest BCUT2D eigenvalue weighted by Gasteiger charge is -2.30. The highest BCUT2D eigenvalue weighted by molar-refractivity contribution is 7.08. The Bertz CT molecular complexity index is 914. The van der Waals surface area contributed by atoms with Crippen molar-refractivity contribution in [2.45, 2.75) is 24.5 Å². The number of likely N-dealkylation sites (tertiary alicyclic amines) is 1. The molecule has 6 heteroatoms. The third-order valence-electron chi connectivity index (χ3n) is 5.46. The lowest BCUT2D eigenvalue weighted by atomic mass is 9.99. The normalized spacial score (nSPS) is 26.5. The number of likely N-dealkylation sites (N-methyl/N-ethyl adjacent to an activating group) is 1. The zero-order chi connectivity index (χ0) is 16.3. The molecule has 0 radical (unpaired) electrons. The second-order valence-electron chi connectivity index (χ2n) is 6.72. The van der Waals surface area contributed by atoms with Crippen LogP contribution in [0.3, 0.4) is 0 Å². The van der Waals surface area contributed by atoms with Gasteiger partial charge in [0.05, 0.1) is 11.6 Å². The smallest absolute Gasteiger partial charge is 0.202 e. The number of ketones is 1. The number of aromatic amines is 1. The highest BCUT2D eigenvalue weighted by Gasteiger charge is 2.48. The fraction of sp³-hybridized carbons (Fsp3) is 0.333. The maximum absolute atomic E-state index is 13.1. The molecule has 2 aliphatic rings. The lowest BCUT2D eigenvalue weighted by Crippen LogP contribution is -2.53. The van der Waals surface area contributed by atoms with Gasteiger partial charge in [0.25, 0.3) is 0 Å². The molecule has 2 N–H and O–H groups in total. The van der Waals surface area contributed by atoms with Gasteiger partial charge in [-0.3, -0.25) is 14.8 Å².